The highest BCUT2D eigenvalue weighted by Gasteiger charge is 2.43. The molecule has 1 aromatic carbocycles. The number of benzene rings is 1. The van der Waals surface area contributed by atoms with Crippen molar-refractivity contribution >= 4 is 34.2 Å². The molecule has 0 saturated heterocycles. The number of nitrogens with two attached hydrogens (primary N) is 1. The van der Waals surface area contributed by atoms with E-state index in [0.717, 1.165) is 22.3 Å². The van der Waals surface area contributed by atoms with Crippen molar-refractivity contribution in [2.45, 2.75) is 32.5 Å². The lowest BCUT2D eigenvalue weighted by molar-refractivity contribution is -0.117. The van der Waals surface area contributed by atoms with Gasteiger partial charge in [-0.3, -0.25) is 9.59 Å². The number of amides is 2. The van der Waals surface area contributed by atoms with Gasteiger partial charge < -0.3 is 20.9 Å². The largest absolute Gasteiger partial charge is 0.379 e. The predicted octanol–water partition coefficient (Wildman–Crippen LogP) is 2.54. The van der Waals surface area contributed by atoms with E-state index in [2.05, 4.69) is 20.6 Å². The molecule has 0 spiro atoms. The Kier molecular flexibility index (Phi) is 5.11. The van der Waals surface area contributed by atoms with Gasteiger partial charge in [-0.15, -0.1) is 0 Å². The molecule has 3 aromatic rings. The first-order chi connectivity index (χ1) is 14.4. The van der Waals surface area contributed by atoms with E-state index in [9.17, 15) is 14.0 Å². The number of rotatable bonds is 7. The highest BCUT2D eigenvalue weighted by molar-refractivity contribution is 6.02. The van der Waals surface area contributed by atoms with Crippen LogP contribution in [-0.4, -0.2) is 32.5 Å². The Balaban J connectivity index is 1.59. The van der Waals surface area contributed by atoms with Gasteiger partial charge >= 0.3 is 0 Å². The van der Waals surface area contributed by atoms with Gasteiger partial charge in [0.15, 0.2) is 0 Å². The molecule has 4 rings (SSSR count). The highest BCUT2D eigenvalue weighted by Crippen LogP contribution is 2.35. The molecule has 156 valence electrons. The number of carbonyl (C=O) groups is 2. The van der Waals surface area contributed by atoms with Crippen LogP contribution in [0.1, 0.15) is 35.0 Å². The second-order valence-corrected chi connectivity index (χ2v) is 7.51. The number of fused-ring (bicyclic) bond motifs is 1. The normalized spacial score (nSPS) is 17.7. The van der Waals surface area contributed by atoms with E-state index >= 15 is 0 Å². The summed E-state index contributed by atoms with van der Waals surface area (Å²) in [5, 5.41) is 6.15. The molecule has 4 N–H and O–H groups in total. The molecule has 1 aliphatic rings. The second-order valence-electron chi connectivity index (χ2n) is 7.51. The van der Waals surface area contributed by atoms with Crippen LogP contribution in [0.15, 0.2) is 30.7 Å². The zero-order valence-electron chi connectivity index (χ0n) is 16.8. The molecule has 0 unspecified atom stereocenters. The molecule has 30 heavy (non-hydrogen) atoms. The summed E-state index contributed by atoms with van der Waals surface area (Å²) < 4.78 is 15.1. The van der Waals surface area contributed by atoms with Gasteiger partial charge in [0, 0.05) is 13.6 Å². The summed E-state index contributed by atoms with van der Waals surface area (Å²) in [6.45, 7) is 2.44. The first-order valence-corrected chi connectivity index (χ1v) is 9.78. The number of imidazole rings is 1. The fourth-order valence-corrected chi connectivity index (χ4v) is 3.43. The zero-order chi connectivity index (χ0) is 21.4. The number of nitrogens with one attached hydrogen (secondary N) is 2. The SMILES string of the molecule is CCc1cc(C(N)=O)ncc1NCc1cc(NC(=O)[C@H]2C[C@H]2F)c2ncn(C)c2c1. The third-order valence-electron chi connectivity index (χ3n) is 5.30. The van der Waals surface area contributed by atoms with Crippen LogP contribution in [0.2, 0.25) is 0 Å². The van der Waals surface area contributed by atoms with Crippen molar-refractivity contribution < 1.29 is 14.0 Å². The molecule has 1 saturated carbocycles. The number of hydrogen-bond acceptors (Lipinski definition) is 5. The minimum atomic E-state index is -1.06. The van der Waals surface area contributed by atoms with E-state index in [1.54, 1.807) is 18.6 Å². The van der Waals surface area contributed by atoms with Crippen LogP contribution in [-0.2, 0) is 24.8 Å². The standard InChI is InChI=1S/C21H23FN6O2/c1-3-12-6-16(20(23)29)25-9-17(12)24-8-11-4-15(27-21(30)13-7-14(13)22)19-18(5-11)28(2)10-26-19/h4-6,9-10,13-14,24H,3,7-8H2,1-2H3,(H2,23,29)(H,27,30)/t13-,14+/m0/s1. The Hall–Kier alpha value is -3.49. The van der Waals surface area contributed by atoms with Gasteiger partial charge in [0.05, 0.1) is 35.3 Å². The molecule has 1 aliphatic carbocycles. The number of halogens is 1. The lowest BCUT2D eigenvalue weighted by Gasteiger charge is -2.13. The average Bonchev–Trinajstić information content (AvgIpc) is 3.35. The molecule has 2 amide bonds. The maximum absolute atomic E-state index is 13.3. The number of primary amides is 1. The molecular formula is C21H23FN6O2. The maximum Gasteiger partial charge on any atom is 0.267 e. The second kappa shape index (κ2) is 7.74. The lowest BCUT2D eigenvalue weighted by Crippen LogP contribution is -2.16. The van der Waals surface area contributed by atoms with Crippen LogP contribution in [0, 0.1) is 5.92 Å². The monoisotopic (exact) mass is 410 g/mol. The molecule has 2 aromatic heterocycles. The van der Waals surface area contributed by atoms with Crippen molar-refractivity contribution in [3.63, 3.8) is 0 Å². The number of aryl methyl sites for hydroxylation is 2. The summed E-state index contributed by atoms with van der Waals surface area (Å²) in [7, 11) is 1.87. The van der Waals surface area contributed by atoms with E-state index in [1.165, 1.54) is 0 Å². The van der Waals surface area contributed by atoms with Crippen LogP contribution in [0.5, 0.6) is 0 Å². The number of anilines is 2. The van der Waals surface area contributed by atoms with Gasteiger partial charge in [-0.2, -0.15) is 0 Å². The van der Waals surface area contributed by atoms with Gasteiger partial charge in [0.25, 0.3) is 5.91 Å². The molecule has 0 radical (unpaired) electrons. The summed E-state index contributed by atoms with van der Waals surface area (Å²) in [6.07, 6.45) is 3.19. The van der Waals surface area contributed by atoms with Crippen molar-refractivity contribution in [3.8, 4) is 0 Å². The topological polar surface area (TPSA) is 115 Å². The summed E-state index contributed by atoms with van der Waals surface area (Å²) in [4.78, 5) is 32.1. The van der Waals surface area contributed by atoms with Gasteiger partial charge in [-0.25, -0.2) is 14.4 Å². The van der Waals surface area contributed by atoms with E-state index in [1.807, 2.05) is 30.7 Å². The average molecular weight is 410 g/mol. The first kappa shape index (κ1) is 19.8. The number of aromatic nitrogens is 3. The minimum absolute atomic E-state index is 0.227. The van der Waals surface area contributed by atoms with Crippen LogP contribution >= 0.6 is 0 Å². The summed E-state index contributed by atoms with van der Waals surface area (Å²) in [5.74, 6) is -1.46. The Morgan fingerprint density at radius 2 is 2.03 bits per heavy atom. The lowest BCUT2D eigenvalue weighted by atomic mass is 10.1. The number of pyridine rings is 1. The number of hydrogen-bond donors (Lipinski definition) is 3. The van der Waals surface area contributed by atoms with Crippen LogP contribution in [0.25, 0.3) is 11.0 Å². The van der Waals surface area contributed by atoms with Crippen LogP contribution in [0.3, 0.4) is 0 Å². The molecular weight excluding hydrogens is 387 g/mol. The Labute approximate surface area is 172 Å². The molecule has 0 aliphatic heterocycles. The highest BCUT2D eigenvalue weighted by atomic mass is 19.1. The Morgan fingerprint density at radius 3 is 2.70 bits per heavy atom. The van der Waals surface area contributed by atoms with E-state index < -0.39 is 18.0 Å². The molecule has 1 fully saturated rings. The number of nitrogens with zero attached hydrogens (tertiary/aromatic N) is 3. The smallest absolute Gasteiger partial charge is 0.267 e. The summed E-state index contributed by atoms with van der Waals surface area (Å²) >= 11 is 0. The zero-order valence-corrected chi connectivity index (χ0v) is 16.8. The van der Waals surface area contributed by atoms with Crippen molar-refractivity contribution in [2.75, 3.05) is 10.6 Å². The summed E-state index contributed by atoms with van der Waals surface area (Å²) in [6, 6.07) is 5.51. The molecule has 9 heteroatoms. The van der Waals surface area contributed by atoms with Crippen molar-refractivity contribution in [1.29, 1.82) is 0 Å². The van der Waals surface area contributed by atoms with Gasteiger partial charge in [0.1, 0.15) is 17.4 Å². The van der Waals surface area contributed by atoms with E-state index in [-0.39, 0.29) is 18.0 Å². The number of carbonyl (C=O) groups excluding carboxylic acids is 2. The third kappa shape index (κ3) is 3.83. The Bertz CT molecular complexity index is 1140. The minimum Gasteiger partial charge on any atom is -0.379 e. The maximum atomic E-state index is 13.3. The van der Waals surface area contributed by atoms with E-state index in [0.29, 0.717) is 24.2 Å². The molecule has 8 nitrogen and oxygen atoms in total. The van der Waals surface area contributed by atoms with Crippen LogP contribution < -0.4 is 16.4 Å². The molecule has 2 atom stereocenters. The molecule has 2 heterocycles. The van der Waals surface area contributed by atoms with Gasteiger partial charge in [-0.1, -0.05) is 6.92 Å². The summed E-state index contributed by atoms with van der Waals surface area (Å²) in [5.41, 5.74) is 10.3. The van der Waals surface area contributed by atoms with E-state index in [4.69, 9.17) is 5.73 Å². The number of alkyl halides is 1. The van der Waals surface area contributed by atoms with Crippen molar-refractivity contribution in [2.24, 2.45) is 18.7 Å². The predicted molar refractivity (Wildman–Crippen MR) is 112 cm³/mol. The Morgan fingerprint density at radius 1 is 1.27 bits per heavy atom. The van der Waals surface area contributed by atoms with Crippen molar-refractivity contribution in [1.82, 2.24) is 14.5 Å². The van der Waals surface area contributed by atoms with Gasteiger partial charge in [0.2, 0.25) is 5.91 Å². The fraction of sp³-hybridized carbons (Fsp3) is 0.333. The molecule has 0 bridgehead atoms. The quantitative estimate of drug-likeness (QED) is 0.554. The first-order valence-electron chi connectivity index (χ1n) is 9.78. The van der Waals surface area contributed by atoms with Crippen molar-refractivity contribution in [3.05, 3.63) is 47.5 Å². The third-order valence-corrected chi connectivity index (χ3v) is 5.30. The van der Waals surface area contributed by atoms with Gasteiger partial charge in [-0.05, 0) is 42.2 Å². The van der Waals surface area contributed by atoms with Crippen LogP contribution in [0.4, 0.5) is 15.8 Å². The fourth-order valence-electron chi connectivity index (χ4n) is 3.43.